The van der Waals surface area contributed by atoms with Gasteiger partial charge in [-0.1, -0.05) is 43.7 Å². The van der Waals surface area contributed by atoms with E-state index in [1.165, 1.54) is 12.8 Å². The van der Waals surface area contributed by atoms with Gasteiger partial charge in [0.25, 0.3) is 0 Å². The lowest BCUT2D eigenvalue weighted by atomic mass is 9.97. The first-order chi connectivity index (χ1) is 9.60. The first-order valence-corrected chi connectivity index (χ1v) is 7.33. The van der Waals surface area contributed by atoms with Crippen molar-refractivity contribution in [3.63, 3.8) is 0 Å². The van der Waals surface area contributed by atoms with Gasteiger partial charge in [-0.15, -0.1) is 6.58 Å². The van der Waals surface area contributed by atoms with Gasteiger partial charge in [-0.3, -0.25) is 0 Å². The summed E-state index contributed by atoms with van der Waals surface area (Å²) in [5.41, 5.74) is 0.662. The molecule has 0 amide bonds. The SMILES string of the molecule is C=CC(CCC)CCC/C=C/c1ccc(C)c(F)c1F. The zero-order valence-corrected chi connectivity index (χ0v) is 12.5. The molecule has 0 aromatic heterocycles. The predicted molar refractivity (Wildman–Crippen MR) is 82.6 cm³/mol. The number of allylic oxidation sites excluding steroid dienone is 2. The first kappa shape index (κ1) is 16.6. The van der Waals surface area contributed by atoms with Crippen LogP contribution in [0.3, 0.4) is 0 Å². The molecule has 0 saturated carbocycles. The summed E-state index contributed by atoms with van der Waals surface area (Å²) in [5.74, 6) is -0.931. The maximum absolute atomic E-state index is 13.6. The van der Waals surface area contributed by atoms with Crippen molar-refractivity contribution in [1.29, 1.82) is 0 Å². The molecule has 0 fully saturated rings. The van der Waals surface area contributed by atoms with Crippen molar-refractivity contribution in [1.82, 2.24) is 0 Å². The average Bonchev–Trinajstić information content (AvgIpc) is 2.45. The smallest absolute Gasteiger partial charge is 0.166 e. The van der Waals surface area contributed by atoms with Crippen LogP contribution in [0.25, 0.3) is 6.08 Å². The highest BCUT2D eigenvalue weighted by atomic mass is 19.2. The molecular formula is C18H24F2. The molecule has 1 atom stereocenters. The zero-order valence-electron chi connectivity index (χ0n) is 12.5. The van der Waals surface area contributed by atoms with Crippen LogP contribution in [0.4, 0.5) is 8.78 Å². The van der Waals surface area contributed by atoms with Gasteiger partial charge in [-0.2, -0.15) is 0 Å². The highest BCUT2D eigenvalue weighted by molar-refractivity contribution is 5.50. The molecule has 0 saturated heterocycles. The summed E-state index contributed by atoms with van der Waals surface area (Å²) in [6, 6.07) is 3.22. The van der Waals surface area contributed by atoms with Gasteiger partial charge in [0.1, 0.15) is 0 Å². The van der Waals surface area contributed by atoms with Gasteiger partial charge >= 0.3 is 0 Å². The highest BCUT2D eigenvalue weighted by Crippen LogP contribution is 2.18. The fraction of sp³-hybridized carbons (Fsp3) is 0.444. The summed E-state index contributed by atoms with van der Waals surface area (Å²) in [6.45, 7) is 7.58. The quantitative estimate of drug-likeness (QED) is 0.400. The fourth-order valence-electron chi connectivity index (χ4n) is 2.25. The Morgan fingerprint density at radius 1 is 1.20 bits per heavy atom. The maximum atomic E-state index is 13.6. The fourth-order valence-corrected chi connectivity index (χ4v) is 2.25. The molecule has 1 unspecified atom stereocenters. The molecule has 0 radical (unpaired) electrons. The predicted octanol–water partition coefficient (Wildman–Crippen LogP) is 6.06. The third-order valence-electron chi connectivity index (χ3n) is 3.54. The minimum Gasteiger partial charge on any atom is -0.203 e. The normalized spacial score (nSPS) is 12.8. The Kier molecular flexibility index (Phi) is 7.21. The number of unbranched alkanes of at least 4 members (excludes halogenated alkanes) is 1. The van der Waals surface area contributed by atoms with Crippen LogP contribution in [0.5, 0.6) is 0 Å². The van der Waals surface area contributed by atoms with Crippen molar-refractivity contribution >= 4 is 6.08 Å². The summed E-state index contributed by atoms with van der Waals surface area (Å²) in [5, 5.41) is 0. The van der Waals surface area contributed by atoms with E-state index in [9.17, 15) is 8.78 Å². The molecule has 0 spiro atoms. The van der Waals surface area contributed by atoms with Crippen molar-refractivity contribution in [2.75, 3.05) is 0 Å². The van der Waals surface area contributed by atoms with Crippen LogP contribution < -0.4 is 0 Å². The molecule has 1 aromatic carbocycles. The van der Waals surface area contributed by atoms with Crippen LogP contribution >= 0.6 is 0 Å². The van der Waals surface area contributed by atoms with Crippen LogP contribution in [-0.4, -0.2) is 0 Å². The molecule has 0 nitrogen and oxygen atoms in total. The monoisotopic (exact) mass is 278 g/mol. The van der Waals surface area contributed by atoms with E-state index in [1.54, 1.807) is 25.1 Å². The Morgan fingerprint density at radius 2 is 1.95 bits per heavy atom. The number of rotatable bonds is 8. The summed E-state index contributed by atoms with van der Waals surface area (Å²) >= 11 is 0. The van der Waals surface area contributed by atoms with Crippen molar-refractivity contribution in [3.05, 3.63) is 53.6 Å². The third kappa shape index (κ3) is 4.92. The maximum Gasteiger partial charge on any atom is 0.166 e. The van der Waals surface area contributed by atoms with Crippen LogP contribution in [-0.2, 0) is 0 Å². The van der Waals surface area contributed by atoms with E-state index in [1.807, 2.05) is 12.2 Å². The summed E-state index contributed by atoms with van der Waals surface area (Å²) < 4.78 is 27.0. The van der Waals surface area contributed by atoms with Crippen molar-refractivity contribution in [2.45, 2.75) is 46.0 Å². The number of halogens is 2. The molecule has 0 aliphatic carbocycles. The van der Waals surface area contributed by atoms with Crippen LogP contribution in [0.1, 0.15) is 50.2 Å². The van der Waals surface area contributed by atoms with E-state index >= 15 is 0 Å². The molecule has 2 heteroatoms. The molecule has 110 valence electrons. The second-order valence-corrected chi connectivity index (χ2v) is 5.22. The van der Waals surface area contributed by atoms with Gasteiger partial charge in [0, 0.05) is 5.56 Å². The zero-order chi connectivity index (χ0) is 15.0. The second kappa shape index (κ2) is 8.68. The van der Waals surface area contributed by atoms with Gasteiger partial charge in [0.15, 0.2) is 11.6 Å². The van der Waals surface area contributed by atoms with Crippen molar-refractivity contribution in [3.8, 4) is 0 Å². The van der Waals surface area contributed by atoms with Gasteiger partial charge < -0.3 is 0 Å². The number of hydrogen-bond donors (Lipinski definition) is 0. The minimum absolute atomic E-state index is 0.321. The molecule has 0 aliphatic rings. The standard InChI is InChI=1S/C18H24F2/c1-4-9-15(5-2)10-7-6-8-11-16-13-12-14(3)17(19)18(16)20/h5,8,11-13,15H,2,4,6-7,9-10H2,1,3H3/b11-8+. The lowest BCUT2D eigenvalue weighted by Crippen LogP contribution is -1.95. The molecule has 0 bridgehead atoms. The largest absolute Gasteiger partial charge is 0.203 e. The molecule has 0 aliphatic heterocycles. The Bertz CT molecular complexity index is 461. The van der Waals surface area contributed by atoms with E-state index in [0.29, 0.717) is 17.0 Å². The Labute approximate surface area is 121 Å². The van der Waals surface area contributed by atoms with Crippen molar-refractivity contribution < 1.29 is 8.78 Å². The van der Waals surface area contributed by atoms with E-state index in [4.69, 9.17) is 0 Å². The van der Waals surface area contributed by atoms with E-state index in [-0.39, 0.29) is 0 Å². The molecule has 0 N–H and O–H groups in total. The van der Waals surface area contributed by atoms with Gasteiger partial charge in [-0.25, -0.2) is 8.78 Å². The van der Waals surface area contributed by atoms with E-state index < -0.39 is 11.6 Å². The van der Waals surface area contributed by atoms with Gasteiger partial charge in [-0.05, 0) is 44.1 Å². The van der Waals surface area contributed by atoms with E-state index in [0.717, 1.165) is 19.3 Å². The van der Waals surface area contributed by atoms with Crippen molar-refractivity contribution in [2.24, 2.45) is 5.92 Å². The Morgan fingerprint density at radius 3 is 2.60 bits per heavy atom. The van der Waals surface area contributed by atoms with Crippen LogP contribution in [0.15, 0.2) is 30.9 Å². The minimum atomic E-state index is -0.754. The number of hydrogen-bond acceptors (Lipinski definition) is 0. The summed E-state index contributed by atoms with van der Waals surface area (Å²) in [6.07, 6.45) is 11.0. The molecule has 0 heterocycles. The molecule has 1 rings (SSSR count). The van der Waals surface area contributed by atoms with Gasteiger partial charge in [0.05, 0.1) is 0 Å². The highest BCUT2D eigenvalue weighted by Gasteiger charge is 2.08. The molecular weight excluding hydrogens is 254 g/mol. The Balaban J connectivity index is 2.46. The second-order valence-electron chi connectivity index (χ2n) is 5.22. The topological polar surface area (TPSA) is 0 Å². The summed E-state index contributed by atoms with van der Waals surface area (Å²) in [7, 11) is 0. The number of aryl methyl sites for hydroxylation is 1. The lowest BCUT2D eigenvalue weighted by molar-refractivity contribution is 0.501. The third-order valence-corrected chi connectivity index (χ3v) is 3.54. The lowest BCUT2D eigenvalue weighted by Gasteiger charge is -2.09. The number of benzene rings is 1. The summed E-state index contributed by atoms with van der Waals surface area (Å²) in [4.78, 5) is 0. The Hall–Kier alpha value is -1.44. The van der Waals surface area contributed by atoms with Crippen LogP contribution in [0, 0.1) is 24.5 Å². The molecule has 20 heavy (non-hydrogen) atoms. The van der Waals surface area contributed by atoms with Crippen LogP contribution in [0.2, 0.25) is 0 Å². The average molecular weight is 278 g/mol. The molecule has 1 aromatic rings. The van der Waals surface area contributed by atoms with Gasteiger partial charge in [0.2, 0.25) is 0 Å². The first-order valence-electron chi connectivity index (χ1n) is 7.33. The van der Waals surface area contributed by atoms with E-state index in [2.05, 4.69) is 13.5 Å².